The lowest BCUT2D eigenvalue weighted by Crippen LogP contribution is -2.13. The molecule has 0 atom stereocenters. The molecule has 5 nitrogen and oxygen atoms in total. The number of furan rings is 1. The number of fused-ring (bicyclic) bond motifs is 1. The van der Waals surface area contributed by atoms with Crippen LogP contribution in [0.1, 0.15) is 39.1 Å². The zero-order valence-electron chi connectivity index (χ0n) is 15.9. The van der Waals surface area contributed by atoms with Crippen LogP contribution in [0, 0.1) is 6.92 Å². The van der Waals surface area contributed by atoms with Crippen molar-refractivity contribution in [2.24, 2.45) is 0 Å². The summed E-state index contributed by atoms with van der Waals surface area (Å²) < 4.78 is 6.85. The molecule has 4 aromatic rings. The van der Waals surface area contributed by atoms with Crippen molar-refractivity contribution in [3.05, 3.63) is 76.5 Å². The summed E-state index contributed by atoms with van der Waals surface area (Å²) in [6, 6.07) is 14.5. The van der Waals surface area contributed by atoms with Gasteiger partial charge in [0.25, 0.3) is 5.91 Å². The van der Waals surface area contributed by atoms with Crippen molar-refractivity contribution in [3.63, 3.8) is 0 Å². The van der Waals surface area contributed by atoms with Crippen LogP contribution in [-0.4, -0.2) is 16.7 Å². The zero-order chi connectivity index (χ0) is 20.4. The quantitative estimate of drug-likeness (QED) is 0.307. The summed E-state index contributed by atoms with van der Waals surface area (Å²) in [5.74, 6) is 0.453. The largest absolute Gasteiger partial charge is 0.451 e. The molecular weight excluding hydrogens is 404 g/mol. The van der Waals surface area contributed by atoms with Crippen molar-refractivity contribution >= 4 is 51.4 Å². The molecule has 1 N–H and O–H groups in total. The van der Waals surface area contributed by atoms with E-state index in [4.69, 9.17) is 4.42 Å². The number of aryl methyl sites for hydroxylation is 1. The van der Waals surface area contributed by atoms with Gasteiger partial charge in [0.1, 0.15) is 9.92 Å². The Kier molecular flexibility index (Phi) is 5.51. The highest BCUT2D eigenvalue weighted by atomic mass is 32.2. The number of thiazole rings is 1. The summed E-state index contributed by atoms with van der Waals surface area (Å²) in [6.45, 7) is 3.46. The van der Waals surface area contributed by atoms with E-state index in [9.17, 15) is 9.59 Å². The van der Waals surface area contributed by atoms with E-state index in [0.717, 1.165) is 21.0 Å². The average molecular weight is 423 g/mol. The first-order valence-electron chi connectivity index (χ1n) is 8.99. The number of thioether (sulfide) groups is 1. The number of nitrogens with zero attached hydrogens (tertiary/aromatic N) is 1. The number of carbonyl (C=O) groups is 2. The van der Waals surface area contributed by atoms with Crippen LogP contribution in [0.15, 0.2) is 62.7 Å². The molecule has 0 saturated heterocycles. The smallest absolute Gasteiger partial charge is 0.291 e. The van der Waals surface area contributed by atoms with Gasteiger partial charge < -0.3 is 9.73 Å². The van der Waals surface area contributed by atoms with E-state index in [2.05, 4.69) is 10.3 Å². The van der Waals surface area contributed by atoms with Crippen LogP contribution >= 0.6 is 23.1 Å². The van der Waals surface area contributed by atoms with Crippen LogP contribution in [0.25, 0.3) is 11.0 Å². The number of benzene rings is 2. The Labute approximate surface area is 176 Å². The van der Waals surface area contributed by atoms with Crippen LogP contribution in [0.5, 0.6) is 0 Å². The van der Waals surface area contributed by atoms with E-state index < -0.39 is 0 Å². The molecule has 2 aromatic carbocycles. The first-order chi connectivity index (χ1) is 14.0. The number of aromatic nitrogens is 1. The maximum absolute atomic E-state index is 13.0. The third-order valence-electron chi connectivity index (χ3n) is 4.37. The van der Waals surface area contributed by atoms with E-state index in [1.165, 1.54) is 6.92 Å². The average Bonchev–Trinajstić information content (AvgIpc) is 3.29. The lowest BCUT2D eigenvalue weighted by Gasteiger charge is -2.06. The van der Waals surface area contributed by atoms with Crippen molar-refractivity contribution in [2.45, 2.75) is 23.9 Å². The normalized spacial score (nSPS) is 11.0. The highest BCUT2D eigenvalue weighted by Crippen LogP contribution is 2.33. The van der Waals surface area contributed by atoms with Crippen molar-refractivity contribution in [1.29, 1.82) is 0 Å². The number of anilines is 1. The summed E-state index contributed by atoms with van der Waals surface area (Å²) >= 11 is 3.17. The van der Waals surface area contributed by atoms with E-state index in [0.29, 0.717) is 22.6 Å². The minimum Gasteiger partial charge on any atom is -0.451 e. The predicted octanol–water partition coefficient (Wildman–Crippen LogP) is 5.94. The monoisotopic (exact) mass is 422 g/mol. The number of Topliss-reactive ketones (excluding diaryl/α,β-unsaturated/α-hetero) is 1. The minimum absolute atomic E-state index is 0.0549. The van der Waals surface area contributed by atoms with Crippen LogP contribution in [-0.2, 0) is 5.75 Å². The SMILES string of the molecule is CC(=O)c1cccc(NC(=O)c2oc3ccccc3c2CSc2nc(C)cs2)c1. The number of rotatable bonds is 6. The summed E-state index contributed by atoms with van der Waals surface area (Å²) in [6.07, 6.45) is 0. The number of hydrogen-bond acceptors (Lipinski definition) is 6. The highest BCUT2D eigenvalue weighted by molar-refractivity contribution is 8.00. The molecule has 4 rings (SSSR count). The van der Waals surface area contributed by atoms with E-state index in [1.807, 2.05) is 36.6 Å². The van der Waals surface area contributed by atoms with Gasteiger partial charge >= 0.3 is 0 Å². The first kappa shape index (κ1) is 19.4. The Bertz CT molecular complexity index is 1210. The van der Waals surface area contributed by atoms with Gasteiger partial charge in [0.15, 0.2) is 11.5 Å². The van der Waals surface area contributed by atoms with E-state index >= 15 is 0 Å². The van der Waals surface area contributed by atoms with Crippen LogP contribution < -0.4 is 5.32 Å². The molecule has 0 unspecified atom stereocenters. The second-order valence-electron chi connectivity index (χ2n) is 6.54. The third kappa shape index (κ3) is 4.26. The van der Waals surface area contributed by atoms with E-state index in [1.54, 1.807) is 47.4 Å². The molecule has 0 aliphatic rings. The van der Waals surface area contributed by atoms with Gasteiger partial charge in [-0.3, -0.25) is 9.59 Å². The van der Waals surface area contributed by atoms with Crippen molar-refractivity contribution in [1.82, 2.24) is 4.98 Å². The lowest BCUT2D eigenvalue weighted by atomic mass is 10.1. The lowest BCUT2D eigenvalue weighted by molar-refractivity contribution is 0.0993. The molecular formula is C22H18N2O3S2. The summed E-state index contributed by atoms with van der Waals surface area (Å²) in [4.78, 5) is 29.1. The molecule has 146 valence electrons. The number of carbonyl (C=O) groups excluding carboxylic acids is 2. The molecule has 29 heavy (non-hydrogen) atoms. The Morgan fingerprint density at radius 1 is 1.17 bits per heavy atom. The van der Waals surface area contributed by atoms with Gasteiger partial charge in [0.05, 0.1) is 0 Å². The van der Waals surface area contributed by atoms with Crippen LogP contribution in [0.4, 0.5) is 5.69 Å². The van der Waals surface area contributed by atoms with Crippen LogP contribution in [0.2, 0.25) is 0 Å². The standard InChI is InChI=1S/C22H18N2O3S2/c1-13-11-28-22(23-13)29-12-18-17-8-3-4-9-19(17)27-20(18)21(26)24-16-7-5-6-15(10-16)14(2)25/h3-11H,12H2,1-2H3,(H,24,26). The van der Waals surface area contributed by atoms with Gasteiger partial charge in [-0.25, -0.2) is 4.98 Å². The van der Waals surface area contributed by atoms with Crippen molar-refractivity contribution < 1.29 is 14.0 Å². The molecule has 0 radical (unpaired) electrons. The number of ketones is 1. The topological polar surface area (TPSA) is 72.2 Å². The Morgan fingerprint density at radius 2 is 2.00 bits per heavy atom. The predicted molar refractivity (Wildman–Crippen MR) is 117 cm³/mol. The summed E-state index contributed by atoms with van der Waals surface area (Å²) in [7, 11) is 0. The fourth-order valence-corrected chi connectivity index (χ4v) is 4.84. The molecule has 2 heterocycles. The molecule has 0 spiro atoms. The van der Waals surface area contributed by atoms with E-state index in [-0.39, 0.29) is 17.5 Å². The number of hydrogen-bond donors (Lipinski definition) is 1. The minimum atomic E-state index is -0.340. The van der Waals surface area contributed by atoms with Gasteiger partial charge in [-0.05, 0) is 32.0 Å². The Morgan fingerprint density at radius 3 is 2.76 bits per heavy atom. The Balaban J connectivity index is 1.64. The fraction of sp³-hybridized carbons (Fsp3) is 0.136. The summed E-state index contributed by atoms with van der Waals surface area (Å²) in [5.41, 5.74) is 3.58. The third-order valence-corrected chi connectivity index (χ3v) is 6.53. The highest BCUT2D eigenvalue weighted by Gasteiger charge is 2.21. The number of para-hydroxylation sites is 1. The molecule has 0 saturated carbocycles. The molecule has 0 aliphatic carbocycles. The second-order valence-corrected chi connectivity index (χ2v) is 8.62. The fourth-order valence-electron chi connectivity index (χ4n) is 2.96. The maximum atomic E-state index is 13.0. The maximum Gasteiger partial charge on any atom is 0.291 e. The molecule has 7 heteroatoms. The van der Waals surface area contributed by atoms with Crippen molar-refractivity contribution in [2.75, 3.05) is 5.32 Å². The molecule has 2 aromatic heterocycles. The Hall–Kier alpha value is -2.90. The van der Waals surface area contributed by atoms with Gasteiger partial charge in [0.2, 0.25) is 0 Å². The molecule has 1 amide bonds. The zero-order valence-corrected chi connectivity index (χ0v) is 17.5. The first-order valence-corrected chi connectivity index (χ1v) is 10.9. The van der Waals surface area contributed by atoms with Gasteiger partial charge in [-0.1, -0.05) is 42.1 Å². The number of nitrogens with one attached hydrogen (secondary N) is 1. The summed E-state index contributed by atoms with van der Waals surface area (Å²) in [5, 5.41) is 5.77. The number of amides is 1. The second kappa shape index (κ2) is 8.23. The molecule has 0 bridgehead atoms. The van der Waals surface area contributed by atoms with Crippen molar-refractivity contribution in [3.8, 4) is 0 Å². The molecule has 0 fully saturated rings. The van der Waals surface area contributed by atoms with Crippen LogP contribution in [0.3, 0.4) is 0 Å². The van der Waals surface area contributed by atoms with Gasteiger partial charge in [0, 0.05) is 39.0 Å². The molecule has 0 aliphatic heterocycles. The van der Waals surface area contributed by atoms with Gasteiger partial charge in [-0.2, -0.15) is 0 Å². The van der Waals surface area contributed by atoms with Gasteiger partial charge in [-0.15, -0.1) is 11.3 Å².